The van der Waals surface area contributed by atoms with Gasteiger partial charge in [0.1, 0.15) is 6.04 Å². The minimum Gasteiger partial charge on any atom is -0.480 e. The Morgan fingerprint density at radius 1 is 1.40 bits per heavy atom. The van der Waals surface area contributed by atoms with E-state index < -0.39 is 21.8 Å². The Labute approximate surface area is 88.8 Å². The van der Waals surface area contributed by atoms with Gasteiger partial charge in [0.25, 0.3) is 0 Å². The number of nitrogens with one attached hydrogen (secondary N) is 1. The van der Waals surface area contributed by atoms with Crippen LogP contribution >= 0.6 is 0 Å². The van der Waals surface area contributed by atoms with Gasteiger partial charge < -0.3 is 10.4 Å². The molecule has 2 saturated heterocycles. The predicted octanol–water partition coefficient (Wildman–Crippen LogP) is -0.374. The second-order valence-electron chi connectivity index (χ2n) is 4.34. The van der Waals surface area contributed by atoms with Crippen LogP contribution in [-0.2, 0) is 14.6 Å². The Morgan fingerprint density at radius 2 is 2.13 bits per heavy atom. The molecule has 0 aromatic heterocycles. The lowest BCUT2D eigenvalue weighted by atomic mass is 9.99. The molecule has 3 unspecified atom stereocenters. The van der Waals surface area contributed by atoms with Crippen LogP contribution in [0.5, 0.6) is 0 Å². The minimum atomic E-state index is -2.95. The highest BCUT2D eigenvalue weighted by molar-refractivity contribution is 7.92. The van der Waals surface area contributed by atoms with Gasteiger partial charge in [-0.05, 0) is 25.2 Å². The first-order chi connectivity index (χ1) is 7.00. The zero-order valence-electron chi connectivity index (χ0n) is 8.35. The lowest BCUT2D eigenvalue weighted by molar-refractivity contribution is -0.139. The molecule has 0 amide bonds. The van der Waals surface area contributed by atoms with Crippen molar-refractivity contribution in [3.8, 4) is 0 Å². The van der Waals surface area contributed by atoms with Crippen LogP contribution < -0.4 is 5.32 Å². The van der Waals surface area contributed by atoms with Gasteiger partial charge in [-0.15, -0.1) is 0 Å². The summed E-state index contributed by atoms with van der Waals surface area (Å²) in [7, 11) is -2.95. The van der Waals surface area contributed by atoms with Crippen LogP contribution in [0.2, 0.25) is 0 Å². The average molecular weight is 233 g/mol. The molecule has 2 heterocycles. The lowest BCUT2D eigenvalue weighted by Gasteiger charge is -2.15. The molecule has 0 aromatic carbocycles. The van der Waals surface area contributed by atoms with E-state index in [-0.39, 0.29) is 16.9 Å². The third-order valence-corrected chi connectivity index (χ3v) is 5.77. The first-order valence-corrected chi connectivity index (χ1v) is 6.90. The van der Waals surface area contributed by atoms with E-state index in [1.165, 1.54) is 0 Å². The molecule has 2 aliphatic rings. The maximum Gasteiger partial charge on any atom is 0.320 e. The summed E-state index contributed by atoms with van der Waals surface area (Å²) in [6.07, 6.45) is 1.86. The molecule has 2 rings (SSSR count). The number of hydrogen-bond donors (Lipinski definition) is 2. The van der Waals surface area contributed by atoms with Gasteiger partial charge in [0, 0.05) is 6.54 Å². The molecule has 0 bridgehead atoms. The fourth-order valence-corrected chi connectivity index (χ4v) is 4.77. The van der Waals surface area contributed by atoms with Crippen LogP contribution in [0.1, 0.15) is 19.3 Å². The Morgan fingerprint density at radius 3 is 2.60 bits per heavy atom. The van der Waals surface area contributed by atoms with Crippen molar-refractivity contribution in [3.63, 3.8) is 0 Å². The normalized spacial score (nSPS) is 39.3. The number of sulfone groups is 1. The highest BCUT2D eigenvalue weighted by Crippen LogP contribution is 2.31. The fourth-order valence-electron chi connectivity index (χ4n) is 2.58. The number of carboxylic acid groups (broad SMARTS) is 1. The third-order valence-electron chi connectivity index (χ3n) is 3.37. The quantitative estimate of drug-likeness (QED) is 0.679. The standard InChI is InChI=1S/C9H15NO4S/c11-9(12)7-4-6(5-10-7)8-2-1-3-15(8,13)14/h6-8,10H,1-5H2,(H,11,12). The summed E-state index contributed by atoms with van der Waals surface area (Å²) < 4.78 is 23.3. The first kappa shape index (κ1) is 10.9. The number of carboxylic acids is 1. The topological polar surface area (TPSA) is 83.5 Å². The Bertz CT molecular complexity index is 364. The van der Waals surface area contributed by atoms with Gasteiger partial charge in [-0.25, -0.2) is 8.42 Å². The molecule has 3 atom stereocenters. The van der Waals surface area contributed by atoms with Crippen LogP contribution in [0.4, 0.5) is 0 Å². The van der Waals surface area contributed by atoms with E-state index in [9.17, 15) is 13.2 Å². The highest BCUT2D eigenvalue weighted by atomic mass is 32.2. The largest absolute Gasteiger partial charge is 0.480 e. The van der Waals surface area contributed by atoms with Crippen molar-refractivity contribution in [1.29, 1.82) is 0 Å². The van der Waals surface area contributed by atoms with Crippen molar-refractivity contribution in [2.75, 3.05) is 12.3 Å². The molecule has 15 heavy (non-hydrogen) atoms. The fraction of sp³-hybridized carbons (Fsp3) is 0.889. The molecule has 0 aliphatic carbocycles. The lowest BCUT2D eigenvalue weighted by Crippen LogP contribution is -2.30. The van der Waals surface area contributed by atoms with E-state index in [2.05, 4.69) is 5.32 Å². The summed E-state index contributed by atoms with van der Waals surface area (Å²) in [4.78, 5) is 10.7. The van der Waals surface area contributed by atoms with Crippen molar-refractivity contribution >= 4 is 15.8 Å². The van der Waals surface area contributed by atoms with Crippen molar-refractivity contribution < 1.29 is 18.3 Å². The van der Waals surface area contributed by atoms with Gasteiger partial charge in [0.05, 0.1) is 11.0 Å². The number of aliphatic carboxylic acids is 1. The zero-order chi connectivity index (χ0) is 11.1. The number of carbonyl (C=O) groups is 1. The second kappa shape index (κ2) is 3.75. The van der Waals surface area contributed by atoms with E-state index in [1.54, 1.807) is 0 Å². The summed E-state index contributed by atoms with van der Waals surface area (Å²) >= 11 is 0. The van der Waals surface area contributed by atoms with Crippen LogP contribution in [0.25, 0.3) is 0 Å². The zero-order valence-corrected chi connectivity index (χ0v) is 9.16. The smallest absolute Gasteiger partial charge is 0.320 e. The molecule has 5 nitrogen and oxygen atoms in total. The summed E-state index contributed by atoms with van der Waals surface area (Å²) in [6.45, 7) is 0.515. The molecule has 2 fully saturated rings. The average Bonchev–Trinajstić information content (AvgIpc) is 2.69. The van der Waals surface area contributed by atoms with Crippen molar-refractivity contribution in [2.45, 2.75) is 30.6 Å². The molecule has 2 N–H and O–H groups in total. The maximum atomic E-state index is 11.7. The van der Waals surface area contributed by atoms with E-state index in [4.69, 9.17) is 5.11 Å². The van der Waals surface area contributed by atoms with Crippen molar-refractivity contribution in [2.24, 2.45) is 5.92 Å². The monoisotopic (exact) mass is 233 g/mol. The van der Waals surface area contributed by atoms with Crippen LogP contribution in [0.3, 0.4) is 0 Å². The molecule has 0 aromatic rings. The summed E-state index contributed by atoms with van der Waals surface area (Å²) in [6, 6.07) is -0.564. The minimum absolute atomic E-state index is 0.0152. The van der Waals surface area contributed by atoms with Crippen LogP contribution in [0.15, 0.2) is 0 Å². The second-order valence-corrected chi connectivity index (χ2v) is 6.68. The highest BCUT2D eigenvalue weighted by Gasteiger charge is 2.42. The molecular weight excluding hydrogens is 218 g/mol. The SMILES string of the molecule is O=C(O)C1CC(C2CCCS2(=O)=O)CN1. The van der Waals surface area contributed by atoms with Gasteiger partial charge >= 0.3 is 5.97 Å². The van der Waals surface area contributed by atoms with E-state index in [0.29, 0.717) is 19.4 Å². The number of hydrogen-bond acceptors (Lipinski definition) is 4. The van der Waals surface area contributed by atoms with Crippen molar-refractivity contribution in [3.05, 3.63) is 0 Å². The van der Waals surface area contributed by atoms with Gasteiger partial charge in [-0.3, -0.25) is 4.79 Å². The molecule has 0 saturated carbocycles. The summed E-state index contributed by atoms with van der Waals surface area (Å²) in [5.74, 6) is -0.627. The molecule has 0 radical (unpaired) electrons. The molecule has 6 heteroatoms. The van der Waals surface area contributed by atoms with Gasteiger partial charge in [-0.1, -0.05) is 0 Å². The molecule has 2 aliphatic heterocycles. The van der Waals surface area contributed by atoms with Gasteiger partial charge in [0.15, 0.2) is 9.84 Å². The Balaban J connectivity index is 2.05. The van der Waals surface area contributed by atoms with E-state index in [1.807, 2.05) is 0 Å². The molecule has 86 valence electrons. The Hall–Kier alpha value is -0.620. The summed E-state index contributed by atoms with van der Waals surface area (Å²) in [5, 5.41) is 11.3. The maximum absolute atomic E-state index is 11.7. The van der Waals surface area contributed by atoms with Crippen LogP contribution in [0, 0.1) is 5.92 Å². The molecular formula is C9H15NO4S. The third kappa shape index (κ3) is 2.01. The van der Waals surface area contributed by atoms with Crippen LogP contribution in [-0.4, -0.2) is 43.1 Å². The van der Waals surface area contributed by atoms with E-state index >= 15 is 0 Å². The first-order valence-electron chi connectivity index (χ1n) is 5.18. The predicted molar refractivity (Wildman–Crippen MR) is 54.3 cm³/mol. The van der Waals surface area contributed by atoms with Gasteiger partial charge in [0.2, 0.25) is 0 Å². The summed E-state index contributed by atoms with van der Waals surface area (Å²) in [5.41, 5.74) is 0. The van der Waals surface area contributed by atoms with Crippen molar-refractivity contribution in [1.82, 2.24) is 5.32 Å². The van der Waals surface area contributed by atoms with Gasteiger partial charge in [-0.2, -0.15) is 0 Å². The van der Waals surface area contributed by atoms with E-state index in [0.717, 1.165) is 6.42 Å². The Kier molecular flexibility index (Phi) is 2.72. The molecule has 0 spiro atoms. The number of rotatable bonds is 2.